The van der Waals surface area contributed by atoms with Crippen LogP contribution in [-0.2, 0) is 9.47 Å². The number of nitrogens with two attached hydrogens (primary N) is 1. The van der Waals surface area contributed by atoms with Gasteiger partial charge in [-0.15, -0.1) is 0 Å². The van der Waals surface area contributed by atoms with Crippen molar-refractivity contribution in [3.8, 4) is 0 Å². The minimum atomic E-state index is -0.00795. The number of pyridine rings is 1. The van der Waals surface area contributed by atoms with Crippen molar-refractivity contribution in [3.05, 3.63) is 24.0 Å². The molecule has 0 fully saturated rings. The molecule has 1 aromatic rings. The van der Waals surface area contributed by atoms with E-state index in [2.05, 4.69) is 15.0 Å². The van der Waals surface area contributed by atoms with Crippen molar-refractivity contribution < 1.29 is 14.7 Å². The normalized spacial score (nSPS) is 11.6. The van der Waals surface area contributed by atoms with Crippen LogP contribution in [-0.4, -0.2) is 55.5 Å². The predicted molar refractivity (Wildman–Crippen MR) is 81.9 cm³/mol. The van der Waals surface area contributed by atoms with Crippen molar-refractivity contribution in [2.75, 3.05) is 44.4 Å². The van der Waals surface area contributed by atoms with Gasteiger partial charge < -0.3 is 25.3 Å². The summed E-state index contributed by atoms with van der Waals surface area (Å²) in [6.07, 6.45) is 1.64. The molecule has 7 nitrogen and oxygen atoms in total. The lowest BCUT2D eigenvalue weighted by Gasteiger charge is -2.24. The molecule has 0 saturated carbocycles. The monoisotopic (exact) mass is 296 g/mol. The predicted octanol–water partition coefficient (Wildman–Crippen LogP) is 1.06. The molecule has 0 saturated heterocycles. The zero-order valence-corrected chi connectivity index (χ0v) is 12.7. The van der Waals surface area contributed by atoms with Crippen molar-refractivity contribution in [1.82, 2.24) is 4.98 Å². The van der Waals surface area contributed by atoms with E-state index < -0.39 is 0 Å². The summed E-state index contributed by atoms with van der Waals surface area (Å²) in [6.45, 7) is 8.03. The maximum absolute atomic E-state index is 8.73. The van der Waals surface area contributed by atoms with Gasteiger partial charge in [0.2, 0.25) is 0 Å². The third-order valence-electron chi connectivity index (χ3n) is 2.90. The van der Waals surface area contributed by atoms with Crippen LogP contribution in [0.5, 0.6) is 0 Å². The standard InChI is InChI=1S/C14H24N4O3/c1-3-20-9-7-18(8-10-21-4-2)12-5-6-16-13(11-12)14(15)17-19/h5-6,11,19H,3-4,7-10H2,1-2H3,(H2,15,17). The number of hydrogen-bond acceptors (Lipinski definition) is 6. The van der Waals surface area contributed by atoms with Crippen molar-refractivity contribution in [2.24, 2.45) is 10.9 Å². The van der Waals surface area contributed by atoms with Gasteiger partial charge in [-0.1, -0.05) is 5.16 Å². The topological polar surface area (TPSA) is 93.2 Å². The molecule has 0 atom stereocenters. The molecule has 118 valence electrons. The molecule has 0 aliphatic rings. The zero-order chi connectivity index (χ0) is 15.5. The lowest BCUT2D eigenvalue weighted by Crippen LogP contribution is -2.31. The molecule has 0 unspecified atom stereocenters. The molecule has 7 heteroatoms. The maximum atomic E-state index is 8.73. The molecule has 1 rings (SSSR count). The third-order valence-corrected chi connectivity index (χ3v) is 2.90. The van der Waals surface area contributed by atoms with E-state index in [0.717, 1.165) is 18.8 Å². The van der Waals surface area contributed by atoms with Crippen molar-refractivity contribution >= 4 is 11.5 Å². The molecular formula is C14H24N4O3. The van der Waals surface area contributed by atoms with Crippen LogP contribution in [0.3, 0.4) is 0 Å². The summed E-state index contributed by atoms with van der Waals surface area (Å²) in [5, 5.41) is 11.7. The first-order valence-corrected chi connectivity index (χ1v) is 7.07. The molecule has 0 aliphatic heterocycles. The first-order chi connectivity index (χ1) is 10.2. The Morgan fingerprint density at radius 1 is 1.29 bits per heavy atom. The summed E-state index contributed by atoms with van der Waals surface area (Å²) in [7, 11) is 0. The van der Waals surface area contributed by atoms with E-state index in [1.165, 1.54) is 0 Å². The summed E-state index contributed by atoms with van der Waals surface area (Å²) < 4.78 is 10.8. The Bertz CT molecular complexity index is 430. The van der Waals surface area contributed by atoms with Gasteiger partial charge >= 0.3 is 0 Å². The molecule has 0 bridgehead atoms. The largest absolute Gasteiger partial charge is 0.409 e. The van der Waals surface area contributed by atoms with E-state index in [4.69, 9.17) is 20.4 Å². The van der Waals surface area contributed by atoms with Crippen LogP contribution in [0.1, 0.15) is 19.5 Å². The lowest BCUT2D eigenvalue weighted by atomic mass is 10.2. The van der Waals surface area contributed by atoms with Gasteiger partial charge in [0.1, 0.15) is 5.69 Å². The lowest BCUT2D eigenvalue weighted by molar-refractivity contribution is 0.141. The molecule has 0 aromatic carbocycles. The Morgan fingerprint density at radius 3 is 2.43 bits per heavy atom. The van der Waals surface area contributed by atoms with Gasteiger partial charge in [0, 0.05) is 38.2 Å². The van der Waals surface area contributed by atoms with Crippen molar-refractivity contribution in [3.63, 3.8) is 0 Å². The quantitative estimate of drug-likeness (QED) is 0.220. The Hall–Kier alpha value is -1.86. The van der Waals surface area contributed by atoms with Gasteiger partial charge in [0.05, 0.1) is 13.2 Å². The van der Waals surface area contributed by atoms with Crippen molar-refractivity contribution in [1.29, 1.82) is 0 Å². The van der Waals surface area contributed by atoms with Gasteiger partial charge in [-0.2, -0.15) is 0 Å². The fourth-order valence-electron chi connectivity index (χ4n) is 1.82. The van der Waals surface area contributed by atoms with E-state index in [-0.39, 0.29) is 5.84 Å². The fourth-order valence-corrected chi connectivity index (χ4v) is 1.82. The van der Waals surface area contributed by atoms with Crippen LogP contribution in [0, 0.1) is 0 Å². The number of ether oxygens (including phenoxy) is 2. The molecular weight excluding hydrogens is 272 g/mol. The second-order valence-corrected chi connectivity index (χ2v) is 4.27. The van der Waals surface area contributed by atoms with Crippen LogP contribution in [0.15, 0.2) is 23.5 Å². The average molecular weight is 296 g/mol. The summed E-state index contributed by atoms with van der Waals surface area (Å²) in [6, 6.07) is 3.67. The highest BCUT2D eigenvalue weighted by Crippen LogP contribution is 2.14. The van der Waals surface area contributed by atoms with Crippen LogP contribution in [0.25, 0.3) is 0 Å². The Morgan fingerprint density at radius 2 is 1.90 bits per heavy atom. The molecule has 0 radical (unpaired) electrons. The summed E-state index contributed by atoms with van der Waals surface area (Å²) in [5.41, 5.74) is 6.95. The van der Waals surface area contributed by atoms with Crippen LogP contribution in [0.4, 0.5) is 5.69 Å². The van der Waals surface area contributed by atoms with Crippen LogP contribution >= 0.6 is 0 Å². The first kappa shape index (κ1) is 17.2. The Labute approximate surface area is 125 Å². The molecule has 0 amide bonds. The van der Waals surface area contributed by atoms with E-state index in [0.29, 0.717) is 32.1 Å². The molecule has 1 heterocycles. The van der Waals surface area contributed by atoms with Gasteiger partial charge in [0.25, 0.3) is 0 Å². The number of anilines is 1. The molecule has 3 N–H and O–H groups in total. The molecule has 0 aliphatic carbocycles. The van der Waals surface area contributed by atoms with Crippen LogP contribution in [0.2, 0.25) is 0 Å². The SMILES string of the molecule is CCOCCN(CCOCC)c1ccnc(/C(N)=N/O)c1. The summed E-state index contributed by atoms with van der Waals surface area (Å²) in [4.78, 5) is 6.21. The zero-order valence-electron chi connectivity index (χ0n) is 12.7. The smallest absolute Gasteiger partial charge is 0.188 e. The Balaban J connectivity index is 2.79. The Kier molecular flexibility index (Phi) is 8.15. The van der Waals surface area contributed by atoms with Gasteiger partial charge in [0.15, 0.2) is 5.84 Å². The van der Waals surface area contributed by atoms with Crippen molar-refractivity contribution in [2.45, 2.75) is 13.8 Å². The highest BCUT2D eigenvalue weighted by atomic mass is 16.5. The second-order valence-electron chi connectivity index (χ2n) is 4.27. The molecule has 1 aromatic heterocycles. The highest BCUT2D eigenvalue weighted by Gasteiger charge is 2.09. The average Bonchev–Trinajstić information content (AvgIpc) is 2.53. The van der Waals surface area contributed by atoms with E-state index >= 15 is 0 Å². The maximum Gasteiger partial charge on any atom is 0.188 e. The number of rotatable bonds is 10. The van der Waals surface area contributed by atoms with E-state index in [1.807, 2.05) is 19.9 Å². The first-order valence-electron chi connectivity index (χ1n) is 7.07. The van der Waals surface area contributed by atoms with Gasteiger partial charge in [-0.25, -0.2) is 0 Å². The van der Waals surface area contributed by atoms with E-state index in [1.54, 1.807) is 12.3 Å². The fraction of sp³-hybridized carbons (Fsp3) is 0.571. The number of nitrogens with zero attached hydrogens (tertiary/aromatic N) is 3. The number of amidine groups is 1. The summed E-state index contributed by atoms with van der Waals surface area (Å²) in [5.74, 6) is -0.00795. The number of aromatic nitrogens is 1. The van der Waals surface area contributed by atoms with Gasteiger partial charge in [-0.05, 0) is 26.0 Å². The van der Waals surface area contributed by atoms with Gasteiger partial charge in [-0.3, -0.25) is 4.98 Å². The second kappa shape index (κ2) is 9.95. The third kappa shape index (κ3) is 5.97. The van der Waals surface area contributed by atoms with Crippen LogP contribution < -0.4 is 10.6 Å². The molecule has 0 spiro atoms. The minimum absolute atomic E-state index is 0.00795. The number of oxime groups is 1. The molecule has 21 heavy (non-hydrogen) atoms. The van der Waals surface area contributed by atoms with E-state index in [9.17, 15) is 0 Å². The number of hydrogen-bond donors (Lipinski definition) is 2. The highest BCUT2D eigenvalue weighted by molar-refractivity contribution is 5.95. The minimum Gasteiger partial charge on any atom is -0.409 e. The summed E-state index contributed by atoms with van der Waals surface area (Å²) >= 11 is 0.